The van der Waals surface area contributed by atoms with E-state index in [1.165, 1.54) is 7.11 Å². The van der Waals surface area contributed by atoms with Crippen molar-refractivity contribution in [3.05, 3.63) is 42.5 Å². The van der Waals surface area contributed by atoms with Crippen LogP contribution in [0.2, 0.25) is 0 Å². The third-order valence-electron chi connectivity index (χ3n) is 3.07. The van der Waals surface area contributed by atoms with Gasteiger partial charge in [0.2, 0.25) is 0 Å². The molecule has 1 aliphatic rings. The van der Waals surface area contributed by atoms with Crippen molar-refractivity contribution in [2.24, 2.45) is 5.92 Å². The molecule has 1 aromatic rings. The molecule has 18 heavy (non-hydrogen) atoms. The number of hydrogen-bond donors (Lipinski definition) is 0. The van der Waals surface area contributed by atoms with Crippen LogP contribution in [0.3, 0.4) is 0 Å². The van der Waals surface area contributed by atoms with E-state index in [9.17, 15) is 4.79 Å². The van der Waals surface area contributed by atoms with Crippen molar-refractivity contribution in [2.75, 3.05) is 7.11 Å². The summed E-state index contributed by atoms with van der Waals surface area (Å²) in [5.74, 6) is 0.764. The Kier molecular flexibility index (Phi) is 4.03. The summed E-state index contributed by atoms with van der Waals surface area (Å²) in [6.07, 6.45) is 4.15. The Morgan fingerprint density at radius 1 is 1.50 bits per heavy atom. The van der Waals surface area contributed by atoms with Crippen LogP contribution < -0.4 is 4.74 Å². The van der Waals surface area contributed by atoms with Gasteiger partial charge in [-0.1, -0.05) is 24.3 Å². The molecule has 3 heteroatoms. The van der Waals surface area contributed by atoms with Crippen LogP contribution in [0, 0.1) is 5.92 Å². The Morgan fingerprint density at radius 2 is 2.22 bits per heavy atom. The van der Waals surface area contributed by atoms with Gasteiger partial charge in [0.05, 0.1) is 7.11 Å². The van der Waals surface area contributed by atoms with Crippen molar-refractivity contribution in [3.63, 3.8) is 0 Å². The van der Waals surface area contributed by atoms with E-state index in [0.29, 0.717) is 5.92 Å². The number of carbonyl (C=O) groups excluding carboxylic acids is 1. The lowest BCUT2D eigenvalue weighted by molar-refractivity contribution is -0.149. The average Bonchev–Trinajstić information content (AvgIpc) is 3.21. The number of rotatable bonds is 6. The number of ether oxygens (including phenoxy) is 2. The van der Waals surface area contributed by atoms with Crippen LogP contribution >= 0.6 is 0 Å². The fraction of sp³-hybridized carbons (Fsp3) is 0.400. The third kappa shape index (κ3) is 2.92. The zero-order chi connectivity index (χ0) is 13.0. The average molecular weight is 246 g/mol. The van der Waals surface area contributed by atoms with Crippen LogP contribution in [-0.4, -0.2) is 19.2 Å². The first-order valence-electron chi connectivity index (χ1n) is 6.19. The third-order valence-corrected chi connectivity index (χ3v) is 3.07. The molecule has 1 fully saturated rings. The van der Waals surface area contributed by atoms with E-state index >= 15 is 0 Å². The van der Waals surface area contributed by atoms with Gasteiger partial charge in [-0.25, -0.2) is 4.79 Å². The van der Waals surface area contributed by atoms with Gasteiger partial charge in [-0.05, 0) is 30.9 Å². The van der Waals surface area contributed by atoms with Crippen molar-refractivity contribution in [3.8, 4) is 5.75 Å². The number of allylic oxidation sites excluding steroid dienone is 1. The molecule has 1 aliphatic carbocycles. The summed E-state index contributed by atoms with van der Waals surface area (Å²) < 4.78 is 10.7. The highest BCUT2D eigenvalue weighted by atomic mass is 16.6. The second-order valence-corrected chi connectivity index (χ2v) is 4.50. The summed E-state index contributed by atoms with van der Waals surface area (Å²) in [4.78, 5) is 11.7. The van der Waals surface area contributed by atoms with Gasteiger partial charge in [0.1, 0.15) is 5.75 Å². The number of benzene rings is 1. The molecule has 1 aromatic carbocycles. The predicted molar refractivity (Wildman–Crippen MR) is 69.5 cm³/mol. The van der Waals surface area contributed by atoms with E-state index < -0.39 is 6.10 Å². The summed E-state index contributed by atoms with van der Waals surface area (Å²) in [5.41, 5.74) is 1.04. The molecule has 0 spiro atoms. The Bertz CT molecular complexity index is 435. The fourth-order valence-electron chi connectivity index (χ4n) is 1.93. The van der Waals surface area contributed by atoms with Crippen LogP contribution in [0.15, 0.2) is 36.9 Å². The summed E-state index contributed by atoms with van der Waals surface area (Å²) in [6, 6.07) is 7.73. The number of esters is 1. The predicted octanol–water partition coefficient (Wildman–Crippen LogP) is 2.75. The Labute approximate surface area is 107 Å². The number of carbonyl (C=O) groups is 1. The van der Waals surface area contributed by atoms with Gasteiger partial charge in [-0.3, -0.25) is 0 Å². The van der Waals surface area contributed by atoms with Crippen molar-refractivity contribution in [1.82, 2.24) is 0 Å². The highest BCUT2D eigenvalue weighted by molar-refractivity contribution is 5.75. The minimum atomic E-state index is -0.471. The number of para-hydroxylation sites is 1. The zero-order valence-corrected chi connectivity index (χ0v) is 10.6. The minimum absolute atomic E-state index is 0.286. The van der Waals surface area contributed by atoms with Gasteiger partial charge in [-0.2, -0.15) is 0 Å². The molecule has 0 amide bonds. The maximum absolute atomic E-state index is 11.7. The van der Waals surface area contributed by atoms with Crippen molar-refractivity contribution < 1.29 is 14.3 Å². The summed E-state index contributed by atoms with van der Waals surface area (Å²) in [5, 5.41) is 0. The maximum atomic E-state index is 11.7. The molecule has 0 radical (unpaired) electrons. The van der Waals surface area contributed by atoms with Crippen molar-refractivity contribution in [1.29, 1.82) is 0 Å². The van der Waals surface area contributed by atoms with Gasteiger partial charge in [0.25, 0.3) is 0 Å². The second kappa shape index (κ2) is 5.71. The molecule has 3 nitrogen and oxygen atoms in total. The van der Waals surface area contributed by atoms with Gasteiger partial charge >= 0.3 is 5.97 Å². The maximum Gasteiger partial charge on any atom is 0.347 e. The first kappa shape index (κ1) is 12.7. The molecule has 0 aromatic heterocycles. The molecular weight excluding hydrogens is 228 g/mol. The van der Waals surface area contributed by atoms with Gasteiger partial charge < -0.3 is 9.47 Å². The highest BCUT2D eigenvalue weighted by Gasteiger charge is 2.39. The Balaban J connectivity index is 2.15. The van der Waals surface area contributed by atoms with E-state index in [2.05, 4.69) is 6.58 Å². The first-order chi connectivity index (χ1) is 8.76. The van der Waals surface area contributed by atoms with E-state index in [-0.39, 0.29) is 5.97 Å². The molecule has 0 aliphatic heterocycles. The zero-order valence-electron chi connectivity index (χ0n) is 10.6. The normalized spacial score (nSPS) is 15.8. The SMILES string of the molecule is C=CCc1ccccc1OC(C(=O)OC)C1CC1. The largest absolute Gasteiger partial charge is 0.478 e. The molecule has 1 atom stereocenters. The minimum Gasteiger partial charge on any atom is -0.478 e. The monoisotopic (exact) mass is 246 g/mol. The van der Waals surface area contributed by atoms with Crippen LogP contribution in [0.5, 0.6) is 5.75 Å². The smallest absolute Gasteiger partial charge is 0.347 e. The molecule has 2 rings (SSSR count). The molecule has 96 valence electrons. The van der Waals surface area contributed by atoms with Crippen LogP contribution in [0.1, 0.15) is 18.4 Å². The van der Waals surface area contributed by atoms with Crippen LogP contribution in [0.25, 0.3) is 0 Å². The van der Waals surface area contributed by atoms with Crippen LogP contribution in [-0.2, 0) is 16.0 Å². The molecular formula is C15H18O3. The summed E-state index contributed by atoms with van der Waals surface area (Å²) in [7, 11) is 1.40. The number of methoxy groups -OCH3 is 1. The standard InChI is InChI=1S/C15H18O3/c1-3-6-11-7-4-5-8-13(11)18-14(12-9-10-12)15(16)17-2/h3-5,7-8,12,14H,1,6,9-10H2,2H3. The molecule has 1 saturated carbocycles. The molecule has 0 heterocycles. The van der Waals surface area contributed by atoms with E-state index in [0.717, 1.165) is 30.6 Å². The lowest BCUT2D eigenvalue weighted by Gasteiger charge is -2.18. The molecule has 0 saturated heterocycles. The summed E-state index contributed by atoms with van der Waals surface area (Å²) >= 11 is 0. The van der Waals surface area contributed by atoms with Crippen molar-refractivity contribution in [2.45, 2.75) is 25.4 Å². The molecule has 1 unspecified atom stereocenters. The van der Waals surface area contributed by atoms with Crippen molar-refractivity contribution >= 4 is 5.97 Å². The molecule has 0 N–H and O–H groups in total. The first-order valence-corrected chi connectivity index (χ1v) is 6.19. The summed E-state index contributed by atoms with van der Waals surface area (Å²) in [6.45, 7) is 3.73. The lowest BCUT2D eigenvalue weighted by Crippen LogP contribution is -2.31. The molecule has 0 bridgehead atoms. The topological polar surface area (TPSA) is 35.5 Å². The highest BCUT2D eigenvalue weighted by Crippen LogP contribution is 2.36. The number of hydrogen-bond acceptors (Lipinski definition) is 3. The van der Waals surface area contributed by atoms with Gasteiger partial charge in [0, 0.05) is 5.92 Å². The second-order valence-electron chi connectivity index (χ2n) is 4.50. The quantitative estimate of drug-likeness (QED) is 0.572. The van der Waals surface area contributed by atoms with E-state index in [4.69, 9.17) is 9.47 Å². The fourth-order valence-corrected chi connectivity index (χ4v) is 1.93. The Morgan fingerprint density at radius 3 is 2.83 bits per heavy atom. The van der Waals surface area contributed by atoms with Gasteiger partial charge in [0.15, 0.2) is 6.10 Å². The van der Waals surface area contributed by atoms with Gasteiger partial charge in [-0.15, -0.1) is 6.58 Å². The van der Waals surface area contributed by atoms with E-state index in [1.54, 1.807) is 0 Å². The van der Waals surface area contributed by atoms with E-state index in [1.807, 2.05) is 30.3 Å². The Hall–Kier alpha value is -1.77. The van der Waals surface area contributed by atoms with Crippen LogP contribution in [0.4, 0.5) is 0 Å². The lowest BCUT2D eigenvalue weighted by atomic mass is 10.1.